The Morgan fingerprint density at radius 3 is 2.52 bits per heavy atom. The van der Waals surface area contributed by atoms with E-state index in [9.17, 15) is 10.1 Å². The molecule has 0 aliphatic heterocycles. The smallest absolute Gasteiger partial charge is 0.278 e. The minimum absolute atomic E-state index is 0.0562. The van der Waals surface area contributed by atoms with Gasteiger partial charge in [-0.15, -0.1) is 0 Å². The van der Waals surface area contributed by atoms with Crippen LogP contribution in [0.5, 0.6) is 5.75 Å². The molecule has 0 bridgehead atoms. The standard InChI is InChI=1S/C15H20N2O3Si/c1-15(2,3)21(4,5)20-11-9-12-13(16-10-11)7-6-8-14(12)17(18)19/h6-10H,1-5H3. The Morgan fingerprint density at radius 2 is 1.95 bits per heavy atom. The molecule has 5 nitrogen and oxygen atoms in total. The van der Waals surface area contributed by atoms with Crippen LogP contribution in [0.25, 0.3) is 10.9 Å². The first-order valence-electron chi connectivity index (χ1n) is 6.84. The van der Waals surface area contributed by atoms with Gasteiger partial charge in [0.15, 0.2) is 0 Å². The first-order chi connectivity index (χ1) is 9.62. The predicted molar refractivity (Wildman–Crippen MR) is 86.2 cm³/mol. The maximum Gasteiger partial charge on any atom is 0.278 e. The zero-order valence-corrected chi connectivity index (χ0v) is 14.0. The number of aromatic nitrogens is 1. The summed E-state index contributed by atoms with van der Waals surface area (Å²) in [5.41, 5.74) is 0.660. The summed E-state index contributed by atoms with van der Waals surface area (Å²) in [5.74, 6) is 0.600. The zero-order valence-electron chi connectivity index (χ0n) is 13.0. The van der Waals surface area contributed by atoms with Gasteiger partial charge in [0.1, 0.15) is 5.75 Å². The summed E-state index contributed by atoms with van der Waals surface area (Å²) in [6, 6.07) is 6.61. The van der Waals surface area contributed by atoms with E-state index in [1.54, 1.807) is 24.4 Å². The van der Waals surface area contributed by atoms with Gasteiger partial charge in [0, 0.05) is 6.07 Å². The minimum atomic E-state index is -1.99. The Morgan fingerprint density at radius 1 is 1.29 bits per heavy atom. The number of non-ortho nitro benzene ring substituents is 1. The molecule has 0 unspecified atom stereocenters. The Balaban J connectivity index is 2.48. The van der Waals surface area contributed by atoms with E-state index in [1.165, 1.54) is 6.07 Å². The van der Waals surface area contributed by atoms with Crippen molar-refractivity contribution in [3.05, 3.63) is 40.6 Å². The van der Waals surface area contributed by atoms with E-state index in [0.29, 0.717) is 16.7 Å². The monoisotopic (exact) mass is 304 g/mol. The fourth-order valence-electron chi connectivity index (χ4n) is 1.78. The molecule has 0 saturated carbocycles. The number of benzene rings is 1. The van der Waals surface area contributed by atoms with Crippen LogP contribution in [-0.4, -0.2) is 18.2 Å². The molecule has 2 aromatic rings. The summed E-state index contributed by atoms with van der Waals surface area (Å²) in [7, 11) is -1.99. The average Bonchev–Trinajstić information content (AvgIpc) is 2.35. The number of pyridine rings is 1. The molecule has 21 heavy (non-hydrogen) atoms. The lowest BCUT2D eigenvalue weighted by Crippen LogP contribution is -2.43. The van der Waals surface area contributed by atoms with Crippen molar-refractivity contribution < 1.29 is 9.35 Å². The van der Waals surface area contributed by atoms with Crippen molar-refractivity contribution in [2.45, 2.75) is 38.9 Å². The number of fused-ring (bicyclic) bond motifs is 1. The average molecular weight is 304 g/mol. The number of nitro groups is 1. The Labute approximate surface area is 125 Å². The summed E-state index contributed by atoms with van der Waals surface area (Å²) in [6.07, 6.45) is 1.65. The maximum atomic E-state index is 11.1. The van der Waals surface area contributed by atoms with Gasteiger partial charge >= 0.3 is 0 Å². The molecule has 0 aliphatic carbocycles. The third-order valence-electron chi connectivity index (χ3n) is 4.05. The fraction of sp³-hybridized carbons (Fsp3) is 0.400. The van der Waals surface area contributed by atoms with Crippen molar-refractivity contribution in [2.75, 3.05) is 0 Å². The highest BCUT2D eigenvalue weighted by Crippen LogP contribution is 2.38. The summed E-state index contributed by atoms with van der Waals surface area (Å²) in [5, 5.41) is 11.7. The second-order valence-electron chi connectivity index (χ2n) is 6.63. The molecule has 0 N–H and O–H groups in total. The molecule has 0 radical (unpaired) electrons. The van der Waals surface area contributed by atoms with Crippen LogP contribution in [0.3, 0.4) is 0 Å². The van der Waals surface area contributed by atoms with Crippen LogP contribution >= 0.6 is 0 Å². The Bertz CT molecular complexity index is 693. The van der Waals surface area contributed by atoms with Crippen molar-refractivity contribution in [1.29, 1.82) is 0 Å². The maximum absolute atomic E-state index is 11.1. The van der Waals surface area contributed by atoms with Crippen molar-refractivity contribution >= 4 is 24.9 Å². The van der Waals surface area contributed by atoms with E-state index >= 15 is 0 Å². The van der Waals surface area contributed by atoms with Crippen LogP contribution in [0.2, 0.25) is 18.1 Å². The number of nitro benzene ring substituents is 1. The van der Waals surface area contributed by atoms with Gasteiger partial charge in [0.05, 0.1) is 22.0 Å². The van der Waals surface area contributed by atoms with Gasteiger partial charge in [-0.1, -0.05) is 26.8 Å². The Kier molecular flexibility index (Phi) is 3.75. The quantitative estimate of drug-likeness (QED) is 0.475. The molecule has 6 heteroatoms. The number of rotatable bonds is 3. The highest BCUT2D eigenvalue weighted by atomic mass is 28.4. The van der Waals surface area contributed by atoms with Crippen LogP contribution in [0.15, 0.2) is 30.5 Å². The summed E-state index contributed by atoms with van der Waals surface area (Å²) < 4.78 is 6.16. The summed E-state index contributed by atoms with van der Waals surface area (Å²) in [4.78, 5) is 15.0. The first kappa shape index (κ1) is 15.4. The largest absolute Gasteiger partial charge is 0.542 e. The minimum Gasteiger partial charge on any atom is -0.542 e. The van der Waals surface area contributed by atoms with Gasteiger partial charge in [-0.3, -0.25) is 15.1 Å². The highest BCUT2D eigenvalue weighted by Gasteiger charge is 2.39. The molecule has 112 valence electrons. The SMILES string of the molecule is CC(C)(C)[Si](C)(C)Oc1cnc2cccc([N+](=O)[O-])c2c1. The molecular formula is C15H20N2O3Si. The lowest BCUT2D eigenvalue weighted by Gasteiger charge is -2.36. The van der Waals surface area contributed by atoms with Gasteiger partial charge in [-0.05, 0) is 30.3 Å². The summed E-state index contributed by atoms with van der Waals surface area (Å²) >= 11 is 0. The number of hydrogen-bond donors (Lipinski definition) is 0. The second kappa shape index (κ2) is 5.11. The van der Waals surface area contributed by atoms with Gasteiger partial charge in [-0.2, -0.15) is 0 Å². The first-order valence-corrected chi connectivity index (χ1v) is 9.75. The van der Waals surface area contributed by atoms with Gasteiger partial charge in [-0.25, -0.2) is 0 Å². The van der Waals surface area contributed by atoms with Crippen molar-refractivity contribution in [1.82, 2.24) is 4.98 Å². The van der Waals surface area contributed by atoms with Gasteiger partial charge in [0.2, 0.25) is 0 Å². The van der Waals surface area contributed by atoms with Crippen LogP contribution in [0.4, 0.5) is 5.69 Å². The van der Waals surface area contributed by atoms with E-state index in [2.05, 4.69) is 38.8 Å². The van der Waals surface area contributed by atoms with Crippen LogP contribution in [0, 0.1) is 10.1 Å². The third kappa shape index (κ3) is 3.05. The van der Waals surface area contributed by atoms with Crippen LogP contribution in [0.1, 0.15) is 20.8 Å². The van der Waals surface area contributed by atoms with Crippen molar-refractivity contribution in [2.24, 2.45) is 0 Å². The van der Waals surface area contributed by atoms with E-state index in [4.69, 9.17) is 4.43 Å². The van der Waals surface area contributed by atoms with E-state index in [-0.39, 0.29) is 15.6 Å². The topological polar surface area (TPSA) is 65.3 Å². The molecule has 2 rings (SSSR count). The lowest BCUT2D eigenvalue weighted by molar-refractivity contribution is -0.383. The molecule has 0 amide bonds. The predicted octanol–water partition coefficient (Wildman–Crippen LogP) is 4.53. The van der Waals surface area contributed by atoms with Crippen molar-refractivity contribution in [3.8, 4) is 5.75 Å². The van der Waals surface area contributed by atoms with E-state index < -0.39 is 8.32 Å². The molecule has 1 heterocycles. The van der Waals surface area contributed by atoms with Gasteiger partial charge < -0.3 is 4.43 Å². The second-order valence-corrected chi connectivity index (χ2v) is 11.4. The highest BCUT2D eigenvalue weighted by molar-refractivity contribution is 6.74. The molecule has 0 fully saturated rings. The van der Waals surface area contributed by atoms with Gasteiger partial charge in [0.25, 0.3) is 14.0 Å². The Hall–Kier alpha value is -1.95. The normalized spacial score (nSPS) is 12.4. The molecule has 0 saturated heterocycles. The fourth-order valence-corrected chi connectivity index (χ4v) is 2.78. The molecular weight excluding hydrogens is 284 g/mol. The van der Waals surface area contributed by atoms with E-state index in [1.807, 2.05) is 0 Å². The molecule has 1 aromatic heterocycles. The number of hydrogen-bond acceptors (Lipinski definition) is 4. The van der Waals surface area contributed by atoms with Crippen molar-refractivity contribution in [3.63, 3.8) is 0 Å². The lowest BCUT2D eigenvalue weighted by atomic mass is 10.2. The van der Waals surface area contributed by atoms with Crippen LogP contribution < -0.4 is 4.43 Å². The molecule has 0 spiro atoms. The van der Waals surface area contributed by atoms with Crippen LogP contribution in [-0.2, 0) is 0 Å². The molecule has 0 atom stereocenters. The summed E-state index contributed by atoms with van der Waals surface area (Å²) in [6.45, 7) is 10.7. The third-order valence-corrected chi connectivity index (χ3v) is 8.41. The molecule has 1 aromatic carbocycles. The number of nitrogens with zero attached hydrogens (tertiary/aromatic N) is 2. The van der Waals surface area contributed by atoms with E-state index in [0.717, 1.165) is 0 Å². The zero-order chi connectivity index (χ0) is 15.8. The molecule has 0 aliphatic rings.